The minimum absolute atomic E-state index is 0.0206. The van der Waals surface area contributed by atoms with E-state index in [1.807, 2.05) is 24.6 Å². The molecule has 2 heterocycles. The second-order valence-electron chi connectivity index (χ2n) is 6.43. The molecule has 0 spiro atoms. The van der Waals surface area contributed by atoms with Crippen LogP contribution in [0, 0.1) is 0 Å². The fraction of sp³-hybridized carbons (Fsp3) is 0.316. The van der Waals surface area contributed by atoms with Gasteiger partial charge in [0, 0.05) is 7.05 Å². The van der Waals surface area contributed by atoms with Crippen LogP contribution in [0.25, 0.3) is 10.2 Å². The van der Waals surface area contributed by atoms with E-state index in [9.17, 15) is 9.59 Å². The van der Waals surface area contributed by atoms with E-state index >= 15 is 0 Å². The summed E-state index contributed by atoms with van der Waals surface area (Å²) in [6, 6.07) is 10.1. The molecule has 0 bridgehead atoms. The van der Waals surface area contributed by atoms with Crippen LogP contribution in [0.15, 0.2) is 46.8 Å². The van der Waals surface area contributed by atoms with E-state index in [-0.39, 0.29) is 24.1 Å². The molecular weight excluding hydrogens is 334 g/mol. The number of likely N-dealkylation sites (N-methyl/N-ethyl adjacent to an activating group) is 1. The molecule has 0 radical (unpaired) electrons. The normalized spacial score (nSPS) is 16.6. The van der Waals surface area contributed by atoms with Gasteiger partial charge in [0.05, 0.1) is 17.8 Å². The predicted molar refractivity (Wildman–Crippen MR) is 98.8 cm³/mol. The number of amides is 1. The number of carbonyl (C=O) groups is 1. The van der Waals surface area contributed by atoms with Crippen molar-refractivity contribution in [3.63, 3.8) is 0 Å². The zero-order valence-corrected chi connectivity index (χ0v) is 14.8. The molecule has 1 atom stereocenters. The van der Waals surface area contributed by atoms with Gasteiger partial charge < -0.3 is 4.90 Å². The van der Waals surface area contributed by atoms with Crippen LogP contribution in [0.3, 0.4) is 0 Å². The van der Waals surface area contributed by atoms with Gasteiger partial charge in [0.15, 0.2) is 0 Å². The molecule has 4 rings (SSSR count). The highest BCUT2D eigenvalue weighted by atomic mass is 32.1. The molecule has 6 heteroatoms. The first-order valence-corrected chi connectivity index (χ1v) is 9.29. The van der Waals surface area contributed by atoms with Crippen LogP contribution in [0.4, 0.5) is 0 Å². The van der Waals surface area contributed by atoms with E-state index in [4.69, 9.17) is 0 Å². The maximum absolute atomic E-state index is 12.8. The van der Waals surface area contributed by atoms with E-state index in [1.165, 1.54) is 33.4 Å². The van der Waals surface area contributed by atoms with Crippen molar-refractivity contribution in [1.82, 2.24) is 14.5 Å². The van der Waals surface area contributed by atoms with E-state index in [0.29, 0.717) is 10.2 Å². The first-order chi connectivity index (χ1) is 12.1. The molecule has 0 saturated carbocycles. The van der Waals surface area contributed by atoms with Crippen molar-refractivity contribution in [2.24, 2.45) is 0 Å². The van der Waals surface area contributed by atoms with Gasteiger partial charge >= 0.3 is 0 Å². The number of benzene rings is 1. The molecule has 1 amide bonds. The highest BCUT2D eigenvalue weighted by Crippen LogP contribution is 2.33. The number of nitrogens with zero attached hydrogens (tertiary/aromatic N) is 3. The molecule has 1 aromatic carbocycles. The summed E-state index contributed by atoms with van der Waals surface area (Å²) in [4.78, 5) is 32.0. The number of carbonyl (C=O) groups excluding carboxylic acids is 1. The summed E-state index contributed by atoms with van der Waals surface area (Å²) in [6.07, 6.45) is 4.56. The summed E-state index contributed by atoms with van der Waals surface area (Å²) in [6.45, 7) is 0.0206. The second-order valence-corrected chi connectivity index (χ2v) is 7.32. The van der Waals surface area contributed by atoms with Gasteiger partial charge in [-0.25, -0.2) is 4.98 Å². The third-order valence-corrected chi connectivity index (χ3v) is 5.78. The third-order valence-electron chi connectivity index (χ3n) is 4.95. The summed E-state index contributed by atoms with van der Waals surface area (Å²) in [5.74, 6) is -0.0693. The summed E-state index contributed by atoms with van der Waals surface area (Å²) in [7, 11) is 1.83. The highest BCUT2D eigenvalue weighted by molar-refractivity contribution is 7.16. The Morgan fingerprint density at radius 3 is 3.08 bits per heavy atom. The summed E-state index contributed by atoms with van der Waals surface area (Å²) >= 11 is 1.43. The standard InChI is InChI=1S/C19H19N3O2S/c1-21(16-8-4-6-13-5-2-3-7-14(13)16)17(23)11-22-12-20-18-15(19(22)24)9-10-25-18/h2-3,5,7,9-10,12,16H,4,6,8,11H2,1H3/t16-/m0/s1. The predicted octanol–water partition coefficient (Wildman–Crippen LogP) is 2.99. The van der Waals surface area contributed by atoms with Crippen LogP contribution in [0.2, 0.25) is 0 Å². The summed E-state index contributed by atoms with van der Waals surface area (Å²) in [5.41, 5.74) is 2.39. The molecule has 5 nitrogen and oxygen atoms in total. The van der Waals surface area contributed by atoms with Crippen LogP contribution in [-0.2, 0) is 17.8 Å². The van der Waals surface area contributed by atoms with Gasteiger partial charge in [-0.2, -0.15) is 0 Å². The zero-order valence-electron chi connectivity index (χ0n) is 14.0. The van der Waals surface area contributed by atoms with Gasteiger partial charge in [0.25, 0.3) is 5.56 Å². The Hall–Kier alpha value is -2.47. The number of hydrogen-bond donors (Lipinski definition) is 0. The fourth-order valence-corrected chi connectivity index (χ4v) is 4.29. The average Bonchev–Trinajstić information content (AvgIpc) is 3.12. The van der Waals surface area contributed by atoms with Gasteiger partial charge in [-0.1, -0.05) is 24.3 Å². The molecule has 1 aliphatic rings. The van der Waals surface area contributed by atoms with Crippen molar-refractivity contribution in [3.05, 3.63) is 63.5 Å². The van der Waals surface area contributed by atoms with Crippen LogP contribution in [-0.4, -0.2) is 27.4 Å². The molecule has 25 heavy (non-hydrogen) atoms. The van der Waals surface area contributed by atoms with Crippen LogP contribution in [0.1, 0.15) is 30.0 Å². The van der Waals surface area contributed by atoms with Crippen molar-refractivity contribution in [2.75, 3.05) is 7.05 Å². The molecule has 3 aromatic rings. The zero-order chi connectivity index (χ0) is 17.4. The van der Waals surface area contributed by atoms with Crippen molar-refractivity contribution in [1.29, 1.82) is 0 Å². The number of thiophene rings is 1. The molecule has 0 aliphatic heterocycles. The molecule has 2 aromatic heterocycles. The maximum atomic E-state index is 12.8. The Bertz CT molecular complexity index is 991. The number of hydrogen-bond acceptors (Lipinski definition) is 4. The molecule has 0 N–H and O–H groups in total. The Morgan fingerprint density at radius 2 is 2.20 bits per heavy atom. The lowest BCUT2D eigenvalue weighted by atomic mass is 9.87. The Morgan fingerprint density at radius 1 is 1.36 bits per heavy atom. The van der Waals surface area contributed by atoms with Crippen LogP contribution >= 0.6 is 11.3 Å². The summed E-state index contributed by atoms with van der Waals surface area (Å²) in [5, 5.41) is 2.42. The quantitative estimate of drug-likeness (QED) is 0.727. The molecule has 1 aliphatic carbocycles. The van der Waals surface area contributed by atoms with Crippen molar-refractivity contribution >= 4 is 27.5 Å². The monoisotopic (exact) mass is 353 g/mol. The van der Waals surface area contributed by atoms with Crippen molar-refractivity contribution in [2.45, 2.75) is 31.8 Å². The number of aromatic nitrogens is 2. The topological polar surface area (TPSA) is 55.2 Å². The third kappa shape index (κ3) is 2.87. The fourth-order valence-electron chi connectivity index (χ4n) is 3.57. The van der Waals surface area contributed by atoms with E-state index in [2.05, 4.69) is 17.1 Å². The van der Waals surface area contributed by atoms with Crippen molar-refractivity contribution < 1.29 is 4.79 Å². The second kappa shape index (κ2) is 6.44. The van der Waals surface area contributed by atoms with E-state index in [1.54, 1.807) is 11.0 Å². The molecular formula is C19H19N3O2S. The van der Waals surface area contributed by atoms with Crippen LogP contribution < -0.4 is 5.56 Å². The Kier molecular flexibility index (Phi) is 4.13. The minimum Gasteiger partial charge on any atom is -0.337 e. The molecule has 0 unspecified atom stereocenters. The van der Waals surface area contributed by atoms with E-state index in [0.717, 1.165) is 19.3 Å². The SMILES string of the molecule is CN(C(=O)Cn1cnc2sccc2c1=O)[C@H]1CCCc2ccccc21. The number of fused-ring (bicyclic) bond motifs is 2. The highest BCUT2D eigenvalue weighted by Gasteiger charge is 2.26. The largest absolute Gasteiger partial charge is 0.337 e. The average molecular weight is 353 g/mol. The smallest absolute Gasteiger partial charge is 0.262 e. The lowest BCUT2D eigenvalue weighted by Gasteiger charge is -2.33. The van der Waals surface area contributed by atoms with Gasteiger partial charge in [-0.05, 0) is 41.8 Å². The molecule has 128 valence electrons. The maximum Gasteiger partial charge on any atom is 0.262 e. The van der Waals surface area contributed by atoms with Gasteiger partial charge in [0.1, 0.15) is 11.4 Å². The molecule has 0 fully saturated rings. The first kappa shape index (κ1) is 16.0. The number of rotatable bonds is 3. The lowest BCUT2D eigenvalue weighted by molar-refractivity contribution is -0.133. The van der Waals surface area contributed by atoms with Gasteiger partial charge in [-0.3, -0.25) is 14.2 Å². The van der Waals surface area contributed by atoms with E-state index < -0.39 is 0 Å². The van der Waals surface area contributed by atoms with Crippen LogP contribution in [0.5, 0.6) is 0 Å². The Labute approximate surface area is 149 Å². The minimum atomic E-state index is -0.156. The number of aryl methyl sites for hydroxylation is 1. The molecule has 0 saturated heterocycles. The van der Waals surface area contributed by atoms with Gasteiger partial charge in [-0.15, -0.1) is 11.3 Å². The lowest BCUT2D eigenvalue weighted by Crippen LogP contribution is -2.37. The van der Waals surface area contributed by atoms with Crippen molar-refractivity contribution in [3.8, 4) is 0 Å². The summed E-state index contributed by atoms with van der Waals surface area (Å²) < 4.78 is 1.41. The first-order valence-electron chi connectivity index (χ1n) is 8.41. The van der Waals surface area contributed by atoms with Gasteiger partial charge in [0.2, 0.25) is 5.91 Å². The Balaban J connectivity index is 1.59.